The van der Waals surface area contributed by atoms with Crippen LogP contribution in [-0.2, 0) is 16.1 Å². The molecule has 4 aliphatic heterocycles. The van der Waals surface area contributed by atoms with Crippen molar-refractivity contribution in [1.82, 2.24) is 15.1 Å². The molecule has 2 atom stereocenters. The first-order valence-electron chi connectivity index (χ1n) is 13.7. The van der Waals surface area contributed by atoms with Crippen LogP contribution in [0.25, 0.3) is 0 Å². The first kappa shape index (κ1) is 23.4. The van der Waals surface area contributed by atoms with Crippen LogP contribution in [0.2, 0.25) is 0 Å². The Labute approximate surface area is 221 Å². The van der Waals surface area contributed by atoms with Gasteiger partial charge in [0.2, 0.25) is 5.91 Å². The fourth-order valence-corrected chi connectivity index (χ4v) is 7.15. The van der Waals surface area contributed by atoms with Gasteiger partial charge in [-0.3, -0.25) is 24.6 Å². The molecule has 8 heteroatoms. The Hall–Kier alpha value is -3.70. The zero-order valence-electron chi connectivity index (χ0n) is 21.2. The van der Waals surface area contributed by atoms with E-state index < -0.39 is 5.54 Å². The third-order valence-electron chi connectivity index (χ3n) is 9.44. The number of rotatable bonds is 5. The van der Waals surface area contributed by atoms with Gasteiger partial charge in [-0.15, -0.1) is 0 Å². The number of benzene rings is 2. The highest BCUT2D eigenvalue weighted by Gasteiger charge is 2.63. The van der Waals surface area contributed by atoms with Crippen LogP contribution in [0.3, 0.4) is 0 Å². The fourth-order valence-electron chi connectivity index (χ4n) is 7.15. The van der Waals surface area contributed by atoms with Crippen LogP contribution in [-0.4, -0.2) is 58.3 Å². The Bertz CT molecular complexity index is 1370. The first-order chi connectivity index (χ1) is 18.4. The van der Waals surface area contributed by atoms with E-state index in [0.29, 0.717) is 42.5 Å². The molecule has 2 aliphatic carbocycles. The normalized spacial score (nSPS) is 30.7. The molecule has 0 aromatic heterocycles. The van der Waals surface area contributed by atoms with Crippen molar-refractivity contribution in [1.29, 1.82) is 5.26 Å². The lowest BCUT2D eigenvalue weighted by Gasteiger charge is -2.53. The standard InChI is InChI=1S/C30H30N4O4/c31-14-18-5-7-19(8-6-18)22-15-33(16-22)25-3-1-2-4-26(25)38-23-9-10-24-20(11-23)17-34(28(24)36)30-12-21(13-30)27(35)32-29(30)37/h5-11,21-22,25-26H,1-4,12-13,15-17H2,(H,32,35,37)/t21?,25?,26-,30?/m0/s1. The van der Waals surface area contributed by atoms with Gasteiger partial charge >= 0.3 is 0 Å². The minimum atomic E-state index is -0.896. The summed E-state index contributed by atoms with van der Waals surface area (Å²) >= 11 is 0. The van der Waals surface area contributed by atoms with Crippen LogP contribution in [0.15, 0.2) is 42.5 Å². The van der Waals surface area contributed by atoms with Crippen molar-refractivity contribution in [2.45, 2.75) is 68.7 Å². The maximum absolute atomic E-state index is 13.2. The smallest absolute Gasteiger partial charge is 0.255 e. The second-order valence-corrected chi connectivity index (χ2v) is 11.6. The van der Waals surface area contributed by atoms with Gasteiger partial charge in [0.15, 0.2) is 0 Å². The number of hydrogen-bond donors (Lipinski definition) is 1. The van der Waals surface area contributed by atoms with Gasteiger partial charge in [0.1, 0.15) is 17.4 Å². The highest BCUT2D eigenvalue weighted by atomic mass is 16.5. The Balaban J connectivity index is 1.03. The number of nitriles is 1. The van der Waals surface area contributed by atoms with Crippen LogP contribution in [0.4, 0.5) is 0 Å². The van der Waals surface area contributed by atoms with E-state index in [1.165, 1.54) is 12.0 Å². The second-order valence-electron chi connectivity index (χ2n) is 11.6. The largest absolute Gasteiger partial charge is 0.489 e. The van der Waals surface area contributed by atoms with Crippen molar-refractivity contribution in [3.63, 3.8) is 0 Å². The van der Waals surface area contributed by atoms with Crippen LogP contribution in [0.5, 0.6) is 5.75 Å². The SMILES string of the molecule is N#Cc1ccc(C2CN(C3CCCC[C@@H]3Oc3ccc4c(c3)CN(C35CC(C3)C(=O)NC5=O)C4=O)C2)cc1. The Kier molecular flexibility index (Phi) is 5.34. The van der Waals surface area contributed by atoms with Gasteiger partial charge in [-0.2, -0.15) is 5.26 Å². The third-order valence-corrected chi connectivity index (χ3v) is 9.44. The molecule has 0 spiro atoms. The van der Waals surface area contributed by atoms with E-state index in [4.69, 9.17) is 10.00 Å². The zero-order valence-corrected chi connectivity index (χ0v) is 21.2. The number of amides is 3. The topological polar surface area (TPSA) is 103 Å². The van der Waals surface area contributed by atoms with E-state index in [1.54, 1.807) is 4.90 Å². The summed E-state index contributed by atoms with van der Waals surface area (Å²) < 4.78 is 6.58. The van der Waals surface area contributed by atoms with Crippen molar-refractivity contribution in [3.8, 4) is 11.8 Å². The van der Waals surface area contributed by atoms with Crippen molar-refractivity contribution >= 4 is 17.7 Å². The molecule has 8 rings (SSSR count). The number of carbonyl (C=O) groups excluding carboxylic acids is 3. The lowest BCUT2D eigenvalue weighted by atomic mass is 9.63. The van der Waals surface area contributed by atoms with E-state index in [0.717, 1.165) is 43.7 Å². The average Bonchev–Trinajstić information content (AvgIpc) is 3.19. The molecule has 2 aromatic carbocycles. The third kappa shape index (κ3) is 3.56. The average molecular weight is 511 g/mol. The maximum Gasteiger partial charge on any atom is 0.255 e. The van der Waals surface area contributed by atoms with Crippen molar-refractivity contribution in [3.05, 3.63) is 64.7 Å². The zero-order chi connectivity index (χ0) is 26.0. The molecule has 2 bridgehead atoms. The van der Waals surface area contributed by atoms with Gasteiger partial charge < -0.3 is 9.64 Å². The van der Waals surface area contributed by atoms with Crippen molar-refractivity contribution in [2.24, 2.45) is 5.92 Å². The predicted molar refractivity (Wildman–Crippen MR) is 137 cm³/mol. The number of piperidine rings is 2. The van der Waals surface area contributed by atoms with E-state index in [2.05, 4.69) is 28.4 Å². The molecule has 8 nitrogen and oxygen atoms in total. The molecule has 3 saturated heterocycles. The summed E-state index contributed by atoms with van der Waals surface area (Å²) in [6.45, 7) is 2.36. The van der Waals surface area contributed by atoms with Gasteiger partial charge in [0.25, 0.3) is 11.8 Å². The Morgan fingerprint density at radius 3 is 2.47 bits per heavy atom. The number of imide groups is 1. The molecule has 3 amide bonds. The van der Waals surface area contributed by atoms with Crippen LogP contribution >= 0.6 is 0 Å². The predicted octanol–water partition coefficient (Wildman–Crippen LogP) is 3.11. The molecule has 38 heavy (non-hydrogen) atoms. The number of carbonyl (C=O) groups is 3. The number of nitrogens with zero attached hydrogens (tertiary/aromatic N) is 3. The number of likely N-dealkylation sites (tertiary alicyclic amines) is 1. The number of ether oxygens (including phenoxy) is 1. The molecule has 1 unspecified atom stereocenters. The fraction of sp³-hybridized carbons (Fsp3) is 0.467. The minimum absolute atomic E-state index is 0.0954. The molecule has 1 N–H and O–H groups in total. The van der Waals surface area contributed by atoms with Gasteiger partial charge in [-0.05, 0) is 73.6 Å². The highest BCUT2D eigenvalue weighted by molar-refractivity contribution is 6.10. The lowest BCUT2D eigenvalue weighted by molar-refractivity contribution is -0.160. The number of nitrogens with one attached hydrogen (secondary N) is 1. The van der Waals surface area contributed by atoms with E-state index in [-0.39, 0.29) is 29.7 Å². The summed E-state index contributed by atoms with van der Waals surface area (Å²) in [6.07, 6.45) is 5.39. The van der Waals surface area contributed by atoms with Gasteiger partial charge in [-0.25, -0.2) is 0 Å². The van der Waals surface area contributed by atoms with Crippen LogP contribution in [0.1, 0.15) is 71.5 Å². The molecule has 2 saturated carbocycles. The summed E-state index contributed by atoms with van der Waals surface area (Å²) in [7, 11) is 0. The van der Waals surface area contributed by atoms with Gasteiger partial charge in [0.05, 0.1) is 11.6 Å². The second kappa shape index (κ2) is 8.67. The summed E-state index contributed by atoms with van der Waals surface area (Å²) in [5.41, 5.74) is 2.58. The number of fused-ring (bicyclic) bond motifs is 3. The molecular formula is C30H30N4O4. The molecule has 0 radical (unpaired) electrons. The summed E-state index contributed by atoms with van der Waals surface area (Å²) in [5.74, 6) is 0.376. The van der Waals surface area contributed by atoms with E-state index in [9.17, 15) is 14.4 Å². The van der Waals surface area contributed by atoms with E-state index in [1.807, 2.05) is 30.3 Å². The first-order valence-corrected chi connectivity index (χ1v) is 13.7. The van der Waals surface area contributed by atoms with Crippen LogP contribution < -0.4 is 10.1 Å². The minimum Gasteiger partial charge on any atom is -0.489 e. The highest BCUT2D eigenvalue weighted by Crippen LogP contribution is 2.49. The number of hydrogen-bond acceptors (Lipinski definition) is 6. The monoisotopic (exact) mass is 510 g/mol. The molecule has 194 valence electrons. The molecule has 6 aliphatic rings. The van der Waals surface area contributed by atoms with Crippen molar-refractivity contribution < 1.29 is 19.1 Å². The van der Waals surface area contributed by atoms with Crippen molar-refractivity contribution in [2.75, 3.05) is 13.1 Å². The quantitative estimate of drug-likeness (QED) is 0.620. The summed E-state index contributed by atoms with van der Waals surface area (Å²) in [4.78, 5) is 42.0. The summed E-state index contributed by atoms with van der Waals surface area (Å²) in [6, 6.07) is 16.2. The summed E-state index contributed by atoms with van der Waals surface area (Å²) in [5, 5.41) is 11.5. The van der Waals surface area contributed by atoms with Gasteiger partial charge in [0, 0.05) is 43.1 Å². The molecular weight excluding hydrogens is 480 g/mol. The van der Waals surface area contributed by atoms with Crippen LogP contribution in [0, 0.1) is 17.2 Å². The maximum atomic E-state index is 13.2. The Morgan fingerprint density at radius 1 is 0.974 bits per heavy atom. The van der Waals surface area contributed by atoms with E-state index >= 15 is 0 Å². The Morgan fingerprint density at radius 2 is 1.74 bits per heavy atom. The van der Waals surface area contributed by atoms with Gasteiger partial charge in [-0.1, -0.05) is 18.6 Å². The molecule has 5 fully saturated rings. The molecule has 2 aromatic rings. The lowest BCUT2D eigenvalue weighted by Crippen LogP contribution is -2.73. The molecule has 4 heterocycles.